The van der Waals surface area contributed by atoms with Gasteiger partial charge in [-0.15, -0.1) is 0 Å². The zero-order valence-corrected chi connectivity index (χ0v) is 7.72. The highest BCUT2D eigenvalue weighted by molar-refractivity contribution is 5.92. The summed E-state index contributed by atoms with van der Waals surface area (Å²) in [6.07, 6.45) is 3.20. The van der Waals surface area contributed by atoms with Crippen molar-refractivity contribution in [1.29, 1.82) is 0 Å². The first-order chi connectivity index (χ1) is 7.20. The van der Waals surface area contributed by atoms with Crippen molar-refractivity contribution in [3.63, 3.8) is 0 Å². The number of benzene rings is 1. The molecule has 3 nitrogen and oxygen atoms in total. The molecule has 0 bridgehead atoms. The summed E-state index contributed by atoms with van der Waals surface area (Å²) in [6, 6.07) is 7.41. The van der Waals surface area contributed by atoms with Crippen molar-refractivity contribution < 1.29 is 14.3 Å². The van der Waals surface area contributed by atoms with Crippen LogP contribution in [0, 0.1) is 5.82 Å². The van der Waals surface area contributed by atoms with Crippen molar-refractivity contribution in [2.75, 3.05) is 0 Å². The SMILES string of the molecule is O=C(O)c1cccc(F)c1-n1cccc1. The fourth-order valence-electron chi connectivity index (χ4n) is 1.43. The first-order valence-electron chi connectivity index (χ1n) is 4.35. The fourth-order valence-corrected chi connectivity index (χ4v) is 1.43. The van der Waals surface area contributed by atoms with E-state index in [1.807, 2.05) is 0 Å². The summed E-state index contributed by atoms with van der Waals surface area (Å²) < 4.78 is 14.9. The smallest absolute Gasteiger partial charge is 0.337 e. The highest BCUT2D eigenvalue weighted by Crippen LogP contribution is 2.18. The lowest BCUT2D eigenvalue weighted by Gasteiger charge is -2.07. The predicted octanol–water partition coefficient (Wildman–Crippen LogP) is 2.31. The maximum atomic E-state index is 13.5. The summed E-state index contributed by atoms with van der Waals surface area (Å²) in [4.78, 5) is 10.9. The molecular formula is C11H8FNO2. The molecule has 0 fully saturated rings. The first-order valence-corrected chi connectivity index (χ1v) is 4.35. The van der Waals surface area contributed by atoms with E-state index in [0.717, 1.165) is 0 Å². The highest BCUT2D eigenvalue weighted by atomic mass is 19.1. The zero-order chi connectivity index (χ0) is 10.8. The molecule has 76 valence electrons. The number of carboxylic acid groups (broad SMARTS) is 1. The van der Waals surface area contributed by atoms with Gasteiger partial charge in [-0.25, -0.2) is 9.18 Å². The number of carboxylic acids is 1. The third kappa shape index (κ3) is 1.61. The molecule has 0 unspecified atom stereocenters. The second-order valence-corrected chi connectivity index (χ2v) is 3.03. The van der Waals surface area contributed by atoms with E-state index in [0.29, 0.717) is 0 Å². The number of rotatable bonds is 2. The van der Waals surface area contributed by atoms with E-state index < -0.39 is 11.8 Å². The van der Waals surface area contributed by atoms with Crippen molar-refractivity contribution in [3.8, 4) is 5.69 Å². The maximum Gasteiger partial charge on any atom is 0.337 e. The summed E-state index contributed by atoms with van der Waals surface area (Å²) >= 11 is 0. The van der Waals surface area contributed by atoms with Crippen LogP contribution in [0.2, 0.25) is 0 Å². The van der Waals surface area contributed by atoms with Crippen molar-refractivity contribution in [3.05, 3.63) is 54.1 Å². The second kappa shape index (κ2) is 3.57. The molecule has 1 aromatic carbocycles. The molecule has 2 aromatic rings. The molecule has 0 saturated carbocycles. The molecule has 0 aliphatic rings. The van der Waals surface area contributed by atoms with Crippen LogP contribution >= 0.6 is 0 Å². The minimum Gasteiger partial charge on any atom is -0.478 e. The Morgan fingerprint density at radius 2 is 1.87 bits per heavy atom. The van der Waals surface area contributed by atoms with E-state index in [-0.39, 0.29) is 11.3 Å². The van der Waals surface area contributed by atoms with E-state index in [2.05, 4.69) is 0 Å². The van der Waals surface area contributed by atoms with Crippen molar-refractivity contribution in [2.24, 2.45) is 0 Å². The lowest BCUT2D eigenvalue weighted by Crippen LogP contribution is -2.06. The summed E-state index contributed by atoms with van der Waals surface area (Å²) in [6.45, 7) is 0. The van der Waals surface area contributed by atoms with Crippen molar-refractivity contribution >= 4 is 5.97 Å². The summed E-state index contributed by atoms with van der Waals surface area (Å²) in [7, 11) is 0. The number of aromatic nitrogens is 1. The number of hydrogen-bond donors (Lipinski definition) is 1. The van der Waals surface area contributed by atoms with Crippen LogP contribution in [0.3, 0.4) is 0 Å². The largest absolute Gasteiger partial charge is 0.478 e. The molecule has 2 rings (SSSR count). The number of halogens is 1. The van der Waals surface area contributed by atoms with Gasteiger partial charge in [0.1, 0.15) is 5.82 Å². The summed E-state index contributed by atoms with van der Waals surface area (Å²) in [5, 5.41) is 8.91. The number of nitrogens with zero attached hydrogens (tertiary/aromatic N) is 1. The molecule has 0 saturated heterocycles. The van der Waals surface area contributed by atoms with Gasteiger partial charge in [0.25, 0.3) is 0 Å². The Balaban J connectivity index is 2.68. The number of hydrogen-bond acceptors (Lipinski definition) is 1. The number of carbonyl (C=O) groups is 1. The molecule has 0 radical (unpaired) electrons. The van der Waals surface area contributed by atoms with Gasteiger partial charge in [-0.3, -0.25) is 0 Å². The van der Waals surface area contributed by atoms with E-state index in [1.165, 1.54) is 22.8 Å². The van der Waals surface area contributed by atoms with Gasteiger partial charge in [0, 0.05) is 12.4 Å². The zero-order valence-electron chi connectivity index (χ0n) is 7.72. The van der Waals surface area contributed by atoms with Gasteiger partial charge in [-0.2, -0.15) is 0 Å². The van der Waals surface area contributed by atoms with Gasteiger partial charge >= 0.3 is 5.97 Å². The Hall–Kier alpha value is -2.10. The van der Waals surface area contributed by atoms with E-state index in [1.54, 1.807) is 24.5 Å². The minimum absolute atomic E-state index is 0.0498. The maximum absolute atomic E-state index is 13.5. The van der Waals surface area contributed by atoms with Crippen LogP contribution in [0.1, 0.15) is 10.4 Å². The van der Waals surface area contributed by atoms with Crippen molar-refractivity contribution in [2.45, 2.75) is 0 Å². The molecule has 0 aliphatic carbocycles. The average molecular weight is 205 g/mol. The van der Waals surface area contributed by atoms with E-state index in [4.69, 9.17) is 5.11 Å². The molecule has 1 aromatic heterocycles. The summed E-state index contributed by atoms with van der Waals surface area (Å²) in [5.41, 5.74) is 0.0150. The lowest BCUT2D eigenvalue weighted by molar-refractivity contribution is 0.0696. The van der Waals surface area contributed by atoms with Gasteiger partial charge in [0.2, 0.25) is 0 Å². The Morgan fingerprint density at radius 1 is 1.20 bits per heavy atom. The highest BCUT2D eigenvalue weighted by Gasteiger charge is 2.14. The van der Waals surface area contributed by atoms with E-state index in [9.17, 15) is 9.18 Å². The topological polar surface area (TPSA) is 42.2 Å². The number of para-hydroxylation sites is 1. The molecule has 0 aliphatic heterocycles. The molecule has 1 N–H and O–H groups in total. The molecule has 1 heterocycles. The standard InChI is InChI=1S/C11H8FNO2/c12-9-5-3-4-8(11(14)15)10(9)13-6-1-2-7-13/h1-7H,(H,14,15). The average Bonchev–Trinajstić information content (AvgIpc) is 2.70. The Morgan fingerprint density at radius 3 is 2.47 bits per heavy atom. The van der Waals surface area contributed by atoms with Crippen LogP contribution in [0.25, 0.3) is 5.69 Å². The number of aromatic carboxylic acids is 1. The molecule has 15 heavy (non-hydrogen) atoms. The molecule has 0 amide bonds. The third-order valence-corrected chi connectivity index (χ3v) is 2.08. The lowest BCUT2D eigenvalue weighted by atomic mass is 10.1. The monoisotopic (exact) mass is 205 g/mol. The van der Waals surface area contributed by atoms with Gasteiger partial charge in [0.05, 0.1) is 11.3 Å². The normalized spacial score (nSPS) is 10.2. The third-order valence-electron chi connectivity index (χ3n) is 2.08. The van der Waals surface area contributed by atoms with Crippen LogP contribution in [0.4, 0.5) is 4.39 Å². The van der Waals surface area contributed by atoms with Crippen LogP contribution < -0.4 is 0 Å². The first kappa shape index (κ1) is 9.45. The van der Waals surface area contributed by atoms with Crippen LogP contribution in [-0.4, -0.2) is 15.6 Å². The van der Waals surface area contributed by atoms with Crippen LogP contribution in [0.5, 0.6) is 0 Å². The summed E-state index contributed by atoms with van der Waals surface area (Å²) in [5.74, 6) is -1.69. The van der Waals surface area contributed by atoms with Gasteiger partial charge in [0.15, 0.2) is 0 Å². The second-order valence-electron chi connectivity index (χ2n) is 3.03. The molecule has 0 atom stereocenters. The van der Waals surface area contributed by atoms with Gasteiger partial charge in [-0.1, -0.05) is 6.07 Å². The fraction of sp³-hybridized carbons (Fsp3) is 0. The van der Waals surface area contributed by atoms with Crippen LogP contribution in [-0.2, 0) is 0 Å². The Labute approximate surface area is 85.4 Å². The minimum atomic E-state index is -1.14. The van der Waals surface area contributed by atoms with Crippen molar-refractivity contribution in [1.82, 2.24) is 4.57 Å². The molecule has 4 heteroatoms. The Kier molecular flexibility index (Phi) is 2.25. The van der Waals surface area contributed by atoms with Gasteiger partial charge < -0.3 is 9.67 Å². The predicted molar refractivity (Wildman–Crippen MR) is 52.7 cm³/mol. The van der Waals surface area contributed by atoms with Crippen LogP contribution in [0.15, 0.2) is 42.7 Å². The Bertz CT molecular complexity index is 491. The molecule has 0 spiro atoms. The van der Waals surface area contributed by atoms with E-state index >= 15 is 0 Å². The quantitative estimate of drug-likeness (QED) is 0.817. The van der Waals surface area contributed by atoms with Gasteiger partial charge in [-0.05, 0) is 24.3 Å². The molecular weight excluding hydrogens is 197 g/mol.